The maximum absolute atomic E-state index is 13.5. The number of hydrogen-bond donors (Lipinski definition) is 0. The lowest BCUT2D eigenvalue weighted by Crippen LogP contribution is -2.46. The number of sulfonamides is 1. The molecule has 0 amide bonds. The maximum atomic E-state index is 13.5. The van der Waals surface area contributed by atoms with E-state index in [0.29, 0.717) is 4.90 Å². The van der Waals surface area contributed by atoms with Crippen molar-refractivity contribution >= 4 is 21.4 Å². The smallest absolute Gasteiger partial charge is 0.264 e. The summed E-state index contributed by atoms with van der Waals surface area (Å²) >= 11 is 0. The number of fused-ring (bicyclic) bond motifs is 1. The average Bonchev–Trinajstić information content (AvgIpc) is 2.68. The fraction of sp³-hybridized carbons (Fsp3) is 0.455. The Labute approximate surface area is 168 Å². The second-order valence-electron chi connectivity index (χ2n) is 8.07. The van der Waals surface area contributed by atoms with Crippen LogP contribution in [0.4, 0.5) is 11.4 Å². The van der Waals surface area contributed by atoms with Crippen LogP contribution in [0.5, 0.6) is 0 Å². The Morgan fingerprint density at radius 3 is 2.25 bits per heavy atom. The van der Waals surface area contributed by atoms with E-state index in [1.54, 1.807) is 16.4 Å². The van der Waals surface area contributed by atoms with Gasteiger partial charge < -0.3 is 9.80 Å². The van der Waals surface area contributed by atoms with Gasteiger partial charge >= 0.3 is 0 Å². The van der Waals surface area contributed by atoms with E-state index in [1.165, 1.54) is 11.3 Å². The molecule has 0 N–H and O–H groups in total. The molecule has 2 aromatic rings. The van der Waals surface area contributed by atoms with Gasteiger partial charge in [-0.1, -0.05) is 23.8 Å². The number of likely N-dealkylation sites (N-methyl/N-ethyl adjacent to an activating group) is 1. The van der Waals surface area contributed by atoms with Crippen LogP contribution < -0.4 is 9.21 Å². The van der Waals surface area contributed by atoms with E-state index in [1.807, 2.05) is 38.1 Å². The number of benzene rings is 2. The second-order valence-corrected chi connectivity index (χ2v) is 9.88. The Morgan fingerprint density at radius 1 is 0.929 bits per heavy atom. The summed E-state index contributed by atoms with van der Waals surface area (Å²) < 4.78 is 28.7. The van der Waals surface area contributed by atoms with Gasteiger partial charge in [-0.2, -0.15) is 0 Å². The molecule has 0 aromatic heterocycles. The van der Waals surface area contributed by atoms with E-state index in [0.717, 1.165) is 50.3 Å². The van der Waals surface area contributed by atoms with Gasteiger partial charge in [0.15, 0.2) is 0 Å². The Hall–Kier alpha value is -2.05. The molecule has 0 bridgehead atoms. The SMILES string of the molecule is Cc1ccc(S(=O)(=O)N2c3cccc(N4CCN(C)CC4)c3CCC2C)cc1. The van der Waals surface area contributed by atoms with Crippen LogP contribution in [0.15, 0.2) is 47.4 Å². The molecule has 1 atom stereocenters. The van der Waals surface area contributed by atoms with Crippen molar-refractivity contribution in [2.75, 3.05) is 42.4 Å². The van der Waals surface area contributed by atoms with Crippen molar-refractivity contribution in [3.63, 3.8) is 0 Å². The van der Waals surface area contributed by atoms with Crippen LogP contribution in [0.25, 0.3) is 0 Å². The van der Waals surface area contributed by atoms with Gasteiger partial charge in [-0.25, -0.2) is 8.42 Å². The van der Waals surface area contributed by atoms with Gasteiger partial charge in [0.25, 0.3) is 10.0 Å². The molecule has 28 heavy (non-hydrogen) atoms. The van der Waals surface area contributed by atoms with Crippen molar-refractivity contribution in [3.05, 3.63) is 53.6 Å². The van der Waals surface area contributed by atoms with Crippen LogP contribution in [-0.4, -0.2) is 52.6 Å². The maximum Gasteiger partial charge on any atom is 0.264 e. The number of anilines is 2. The molecule has 6 heteroatoms. The molecular formula is C22H29N3O2S. The fourth-order valence-electron chi connectivity index (χ4n) is 4.27. The molecule has 150 valence electrons. The molecule has 0 spiro atoms. The Bertz CT molecular complexity index is 948. The normalized spacial score (nSPS) is 20.9. The highest BCUT2D eigenvalue weighted by Crippen LogP contribution is 2.40. The van der Waals surface area contributed by atoms with Crippen molar-refractivity contribution < 1.29 is 8.42 Å². The molecule has 1 unspecified atom stereocenters. The summed E-state index contributed by atoms with van der Waals surface area (Å²) in [6.45, 7) is 8.01. The third-order valence-electron chi connectivity index (χ3n) is 6.00. The molecule has 4 rings (SSSR count). The van der Waals surface area contributed by atoms with E-state index in [2.05, 4.69) is 22.9 Å². The van der Waals surface area contributed by atoms with Gasteiger partial charge in [-0.15, -0.1) is 0 Å². The summed E-state index contributed by atoms with van der Waals surface area (Å²) in [5.74, 6) is 0. The van der Waals surface area contributed by atoms with Crippen molar-refractivity contribution in [3.8, 4) is 0 Å². The van der Waals surface area contributed by atoms with Crippen LogP contribution >= 0.6 is 0 Å². The Morgan fingerprint density at radius 2 is 1.57 bits per heavy atom. The zero-order chi connectivity index (χ0) is 19.9. The highest BCUT2D eigenvalue weighted by atomic mass is 32.2. The van der Waals surface area contributed by atoms with E-state index in [4.69, 9.17) is 0 Å². The molecule has 2 aromatic carbocycles. The predicted octanol–water partition coefficient (Wildman–Crippen LogP) is 3.28. The molecule has 5 nitrogen and oxygen atoms in total. The van der Waals surface area contributed by atoms with Gasteiger partial charge in [0, 0.05) is 37.9 Å². The quantitative estimate of drug-likeness (QED) is 0.795. The Kier molecular flexibility index (Phi) is 5.10. The molecule has 0 radical (unpaired) electrons. The minimum Gasteiger partial charge on any atom is -0.369 e. The summed E-state index contributed by atoms with van der Waals surface area (Å²) in [7, 11) is -1.44. The highest BCUT2D eigenvalue weighted by molar-refractivity contribution is 7.92. The zero-order valence-corrected chi connectivity index (χ0v) is 17.7. The second kappa shape index (κ2) is 7.41. The number of nitrogens with zero attached hydrogens (tertiary/aromatic N) is 3. The minimum absolute atomic E-state index is 0.0541. The van der Waals surface area contributed by atoms with E-state index in [-0.39, 0.29) is 6.04 Å². The first-order valence-corrected chi connectivity index (χ1v) is 11.5. The van der Waals surface area contributed by atoms with Gasteiger partial charge in [0.05, 0.1) is 10.6 Å². The molecule has 0 aliphatic carbocycles. The van der Waals surface area contributed by atoms with E-state index >= 15 is 0 Å². The van der Waals surface area contributed by atoms with Crippen LogP contribution in [0.2, 0.25) is 0 Å². The number of piperazine rings is 1. The topological polar surface area (TPSA) is 43.9 Å². The fourth-order valence-corrected chi connectivity index (χ4v) is 5.98. The lowest BCUT2D eigenvalue weighted by atomic mass is 9.96. The Balaban J connectivity index is 1.76. The van der Waals surface area contributed by atoms with Crippen LogP contribution in [0.1, 0.15) is 24.5 Å². The molecular weight excluding hydrogens is 370 g/mol. The lowest BCUT2D eigenvalue weighted by Gasteiger charge is -2.40. The van der Waals surface area contributed by atoms with Crippen LogP contribution in [0, 0.1) is 6.92 Å². The highest BCUT2D eigenvalue weighted by Gasteiger charge is 2.35. The summed E-state index contributed by atoms with van der Waals surface area (Å²) in [4.78, 5) is 5.11. The van der Waals surface area contributed by atoms with Crippen LogP contribution in [0.3, 0.4) is 0 Å². The molecule has 2 aliphatic heterocycles. The van der Waals surface area contributed by atoms with Crippen molar-refractivity contribution in [1.29, 1.82) is 0 Å². The average molecular weight is 400 g/mol. The molecule has 0 saturated carbocycles. The lowest BCUT2D eigenvalue weighted by molar-refractivity contribution is 0.312. The summed E-state index contributed by atoms with van der Waals surface area (Å²) in [6, 6.07) is 13.2. The molecule has 1 fully saturated rings. The van der Waals surface area contributed by atoms with Gasteiger partial charge in [-0.05, 0) is 63.6 Å². The first kappa shape index (κ1) is 19.3. The van der Waals surface area contributed by atoms with E-state index < -0.39 is 10.0 Å². The third kappa shape index (κ3) is 3.40. The summed E-state index contributed by atoms with van der Waals surface area (Å²) in [5.41, 5.74) is 4.27. The first-order chi connectivity index (χ1) is 13.4. The van der Waals surface area contributed by atoms with Gasteiger partial charge in [-0.3, -0.25) is 4.31 Å². The van der Waals surface area contributed by atoms with Gasteiger partial charge in [0.1, 0.15) is 0 Å². The van der Waals surface area contributed by atoms with E-state index in [9.17, 15) is 8.42 Å². The summed E-state index contributed by atoms with van der Waals surface area (Å²) in [6.07, 6.45) is 1.75. The van der Waals surface area contributed by atoms with Gasteiger partial charge in [0.2, 0.25) is 0 Å². The molecule has 2 heterocycles. The largest absolute Gasteiger partial charge is 0.369 e. The number of hydrogen-bond acceptors (Lipinski definition) is 4. The number of rotatable bonds is 3. The summed E-state index contributed by atoms with van der Waals surface area (Å²) in [5, 5.41) is 0. The standard InChI is InChI=1S/C22H29N3O2S/c1-17-7-10-19(11-8-17)28(26,27)25-18(2)9-12-20-21(5-4-6-22(20)25)24-15-13-23(3)14-16-24/h4-8,10-11,18H,9,12-16H2,1-3H3. The molecule has 2 aliphatic rings. The first-order valence-electron chi connectivity index (χ1n) is 10.0. The third-order valence-corrected chi connectivity index (χ3v) is 7.94. The molecule has 1 saturated heterocycles. The zero-order valence-electron chi connectivity index (χ0n) is 16.9. The monoisotopic (exact) mass is 399 g/mol. The van der Waals surface area contributed by atoms with Crippen molar-refractivity contribution in [2.45, 2.75) is 37.6 Å². The predicted molar refractivity (Wildman–Crippen MR) is 115 cm³/mol. The van der Waals surface area contributed by atoms with Crippen molar-refractivity contribution in [2.24, 2.45) is 0 Å². The van der Waals surface area contributed by atoms with Crippen LogP contribution in [-0.2, 0) is 16.4 Å². The number of aryl methyl sites for hydroxylation is 1. The minimum atomic E-state index is -3.59. The van der Waals surface area contributed by atoms with Crippen molar-refractivity contribution in [1.82, 2.24) is 4.90 Å².